The molecule has 0 spiro atoms. The Balaban J connectivity index is 2.09. The highest BCUT2D eigenvalue weighted by atomic mass is 35.5. The van der Waals surface area contributed by atoms with E-state index in [-0.39, 0.29) is 39.8 Å². The van der Waals surface area contributed by atoms with Crippen LogP contribution >= 0.6 is 22.5 Å². The first-order valence-electron chi connectivity index (χ1n) is 9.42. The van der Waals surface area contributed by atoms with Crippen LogP contribution in [0.2, 0.25) is 5.02 Å². The third-order valence-corrected chi connectivity index (χ3v) is 8.07. The molecule has 2 aromatic carbocycles. The summed E-state index contributed by atoms with van der Waals surface area (Å²) in [6.07, 6.45) is -5.62. The first kappa shape index (κ1) is 23.7. The number of ether oxygens (including phenoxy) is 2. The van der Waals surface area contributed by atoms with E-state index in [0.717, 1.165) is 16.7 Å². The third kappa shape index (κ3) is 4.39. The maximum Gasteiger partial charge on any atom is 0.416 e. The maximum absolute atomic E-state index is 14.9. The Kier molecular flexibility index (Phi) is 6.29. The molecule has 3 aromatic rings. The lowest BCUT2D eigenvalue weighted by Crippen LogP contribution is -2.34. The molecule has 0 saturated carbocycles. The van der Waals surface area contributed by atoms with E-state index in [9.17, 15) is 31.5 Å². The molecule has 0 aliphatic carbocycles. The number of nitrogens with zero attached hydrogens (tertiary/aromatic N) is 1. The van der Waals surface area contributed by atoms with Crippen LogP contribution in [0.15, 0.2) is 43.6 Å². The van der Waals surface area contributed by atoms with Gasteiger partial charge in [0.25, 0.3) is 5.56 Å². The van der Waals surface area contributed by atoms with Crippen LogP contribution in [0.1, 0.15) is 5.56 Å². The predicted molar refractivity (Wildman–Crippen MR) is 112 cm³/mol. The summed E-state index contributed by atoms with van der Waals surface area (Å²) in [5, 5.41) is -0.799. The lowest BCUT2D eigenvalue weighted by atomic mass is 10.1. The summed E-state index contributed by atoms with van der Waals surface area (Å²) in [7, 11) is -0.656. The van der Waals surface area contributed by atoms with Gasteiger partial charge < -0.3 is 9.47 Å². The van der Waals surface area contributed by atoms with Crippen molar-refractivity contribution < 1.29 is 31.4 Å². The molecule has 1 aliphatic heterocycles. The van der Waals surface area contributed by atoms with Crippen molar-refractivity contribution in [1.82, 2.24) is 9.55 Å². The van der Waals surface area contributed by atoms with Gasteiger partial charge in [-0.2, -0.15) is 24.1 Å². The average Bonchev–Trinajstić information content (AvgIpc) is 2.90. The number of benzene rings is 2. The summed E-state index contributed by atoms with van der Waals surface area (Å²) in [6.45, 7) is -0.338. The number of hydrogen-bond donors (Lipinski definition) is 2. The normalized spacial score (nSPS) is 19.6. The van der Waals surface area contributed by atoms with E-state index in [2.05, 4.69) is 0 Å². The van der Waals surface area contributed by atoms with Crippen molar-refractivity contribution in [1.29, 1.82) is 0 Å². The molecule has 1 aliphatic rings. The van der Waals surface area contributed by atoms with Gasteiger partial charge in [0.05, 0.1) is 34.1 Å². The van der Waals surface area contributed by atoms with Gasteiger partial charge in [-0.05, 0) is 18.2 Å². The summed E-state index contributed by atoms with van der Waals surface area (Å²) in [5.74, 6) is -2.08. The molecule has 6 nitrogen and oxygen atoms in total. The van der Waals surface area contributed by atoms with E-state index in [4.69, 9.17) is 21.1 Å². The summed E-state index contributed by atoms with van der Waals surface area (Å²) >= 11 is 5.85. The van der Waals surface area contributed by atoms with E-state index >= 15 is 0 Å². The predicted octanol–water partition coefficient (Wildman–Crippen LogP) is 4.06. The lowest BCUT2D eigenvalue weighted by Gasteiger charge is -2.26. The number of alkyl halides is 3. The summed E-state index contributed by atoms with van der Waals surface area (Å²) < 4.78 is 81.3. The van der Waals surface area contributed by atoms with Gasteiger partial charge >= 0.3 is 11.9 Å². The fourth-order valence-electron chi connectivity index (χ4n) is 3.73. The maximum atomic E-state index is 14.9. The van der Waals surface area contributed by atoms with Crippen molar-refractivity contribution >= 4 is 33.4 Å². The standard InChI is InChI=1S/C20H16ClF5N2O4S/c1-31-8-32-10-6-28-17-11(18(29)27-19(28)30)2-9(20(24,25)26)3-16(17)33(7-10)15-4-12(21)13(22)5-14(15)23/h2-5,10,33H,6-8H2,1H3,(H,27,29,30)/t10-/m0/s1. The molecule has 1 aromatic heterocycles. The molecule has 1 unspecified atom stereocenters. The number of hydrogen-bond acceptors (Lipinski definition) is 4. The fraction of sp³-hybridized carbons (Fsp3) is 0.300. The van der Waals surface area contributed by atoms with Gasteiger partial charge in [0.1, 0.15) is 18.4 Å². The van der Waals surface area contributed by atoms with E-state index in [1.54, 1.807) is 0 Å². The molecule has 33 heavy (non-hydrogen) atoms. The second-order valence-corrected chi connectivity index (χ2v) is 9.87. The summed E-state index contributed by atoms with van der Waals surface area (Å²) in [5.41, 5.74) is -3.07. The molecular weight excluding hydrogens is 495 g/mol. The average molecular weight is 511 g/mol. The van der Waals surface area contributed by atoms with Crippen molar-refractivity contribution in [3.8, 4) is 0 Å². The second-order valence-electron chi connectivity index (χ2n) is 7.28. The van der Waals surface area contributed by atoms with Crippen LogP contribution < -0.4 is 11.2 Å². The minimum Gasteiger partial charge on any atom is -0.359 e. The summed E-state index contributed by atoms with van der Waals surface area (Å²) in [4.78, 5) is 26.9. The Hall–Kier alpha value is -2.41. The van der Waals surface area contributed by atoms with Gasteiger partial charge in [-0.1, -0.05) is 11.6 Å². The molecule has 2 atom stereocenters. The number of methoxy groups -OCH3 is 1. The Morgan fingerprint density at radius 1 is 1.15 bits per heavy atom. The van der Waals surface area contributed by atoms with Gasteiger partial charge in [0.15, 0.2) is 0 Å². The highest BCUT2D eigenvalue weighted by Crippen LogP contribution is 2.52. The second kappa shape index (κ2) is 8.75. The Labute approximate surface area is 190 Å². The topological polar surface area (TPSA) is 73.3 Å². The quantitative estimate of drug-likeness (QED) is 0.240. The van der Waals surface area contributed by atoms with Crippen molar-refractivity contribution in [2.75, 3.05) is 19.7 Å². The Morgan fingerprint density at radius 2 is 1.88 bits per heavy atom. The first-order valence-corrected chi connectivity index (χ1v) is 11.3. The number of aromatic nitrogens is 2. The third-order valence-electron chi connectivity index (χ3n) is 5.16. The molecule has 13 heteroatoms. The van der Waals surface area contributed by atoms with Crippen molar-refractivity contribution in [3.05, 3.63) is 67.3 Å². The molecule has 0 amide bonds. The van der Waals surface area contributed by atoms with Crippen molar-refractivity contribution in [2.24, 2.45) is 0 Å². The largest absolute Gasteiger partial charge is 0.416 e. The van der Waals surface area contributed by atoms with Gasteiger partial charge in [0.2, 0.25) is 0 Å². The number of aromatic amines is 1. The van der Waals surface area contributed by atoms with Crippen LogP contribution in [0.4, 0.5) is 22.0 Å². The summed E-state index contributed by atoms with van der Waals surface area (Å²) in [6, 6.07) is 2.99. The van der Waals surface area contributed by atoms with Gasteiger partial charge in [-0.3, -0.25) is 14.3 Å². The molecule has 0 fully saturated rings. The fourth-order valence-corrected chi connectivity index (χ4v) is 6.65. The molecule has 4 rings (SSSR count). The minimum atomic E-state index is -4.82. The number of nitrogens with one attached hydrogen (secondary N) is 1. The zero-order valence-corrected chi connectivity index (χ0v) is 18.5. The minimum absolute atomic E-state index is 0.0384. The highest BCUT2D eigenvalue weighted by Gasteiger charge is 2.35. The van der Waals surface area contributed by atoms with E-state index in [0.29, 0.717) is 12.1 Å². The number of thiol groups is 1. The molecule has 0 bridgehead atoms. The molecule has 178 valence electrons. The van der Waals surface area contributed by atoms with E-state index in [1.807, 2.05) is 4.98 Å². The number of halogens is 6. The Bertz CT molecular complexity index is 1360. The monoisotopic (exact) mass is 510 g/mol. The van der Waals surface area contributed by atoms with E-state index < -0.39 is 56.6 Å². The molecule has 0 saturated heterocycles. The van der Waals surface area contributed by atoms with Crippen LogP contribution in [0.25, 0.3) is 10.9 Å². The highest BCUT2D eigenvalue weighted by molar-refractivity contribution is 8.17. The molecule has 0 radical (unpaired) electrons. The zero-order valence-electron chi connectivity index (χ0n) is 16.8. The molecule has 2 heterocycles. The first-order chi connectivity index (χ1) is 15.5. The molecule has 1 N–H and O–H groups in total. The SMILES string of the molecule is COCO[C@H]1Cn2c(=O)[nH]c(=O)c3cc(C(F)(F)F)cc(c32)[SH](c2cc(Cl)c(F)cc2F)C1. The number of rotatable bonds is 4. The van der Waals surface area contributed by atoms with Crippen molar-refractivity contribution in [2.45, 2.75) is 28.6 Å². The van der Waals surface area contributed by atoms with Crippen LogP contribution in [0.5, 0.6) is 0 Å². The molecular formula is C20H16ClF5N2O4S. The van der Waals surface area contributed by atoms with Crippen LogP contribution in [-0.4, -0.2) is 35.3 Å². The van der Waals surface area contributed by atoms with Gasteiger partial charge in [-0.25, -0.2) is 13.6 Å². The lowest BCUT2D eigenvalue weighted by molar-refractivity contribution is -0.137. The van der Waals surface area contributed by atoms with Gasteiger partial charge in [-0.15, -0.1) is 0 Å². The van der Waals surface area contributed by atoms with Crippen LogP contribution in [0, 0.1) is 11.6 Å². The van der Waals surface area contributed by atoms with Crippen LogP contribution in [-0.2, 0) is 22.2 Å². The van der Waals surface area contributed by atoms with Gasteiger partial charge in [0, 0.05) is 28.7 Å². The van der Waals surface area contributed by atoms with Crippen LogP contribution in [0.3, 0.4) is 0 Å². The zero-order chi connectivity index (χ0) is 24.1. The smallest absolute Gasteiger partial charge is 0.359 e. The van der Waals surface area contributed by atoms with E-state index in [1.165, 1.54) is 7.11 Å². The van der Waals surface area contributed by atoms with Crippen molar-refractivity contribution in [3.63, 3.8) is 0 Å². The number of H-pyrrole nitrogens is 1. The Morgan fingerprint density at radius 3 is 2.55 bits per heavy atom.